The molecule has 1 aliphatic carbocycles. The average Bonchev–Trinajstić information content (AvgIpc) is 2.35. The number of carbonyl (C=O) groups excluding carboxylic acids is 1. The first-order valence-electron chi connectivity index (χ1n) is 6.40. The molecule has 1 aromatic rings. The SMILES string of the molecule is O=C(CC1CCCCC1)Nc1ccc(F)c(Cl)c1. The topological polar surface area (TPSA) is 29.1 Å². The van der Waals surface area contributed by atoms with Crippen molar-refractivity contribution >= 4 is 23.2 Å². The molecular weight excluding hydrogens is 253 g/mol. The maximum atomic E-state index is 13.0. The van der Waals surface area contributed by atoms with Gasteiger partial charge in [0.25, 0.3) is 0 Å². The first kappa shape index (κ1) is 13.3. The van der Waals surface area contributed by atoms with Crippen molar-refractivity contribution in [3.8, 4) is 0 Å². The van der Waals surface area contributed by atoms with Gasteiger partial charge in [-0.3, -0.25) is 4.79 Å². The zero-order chi connectivity index (χ0) is 13.0. The third-order valence-corrected chi connectivity index (χ3v) is 3.69. The third-order valence-electron chi connectivity index (χ3n) is 3.40. The molecule has 0 aromatic heterocycles. The lowest BCUT2D eigenvalue weighted by molar-refractivity contribution is -0.117. The number of rotatable bonds is 3. The Morgan fingerprint density at radius 1 is 1.33 bits per heavy atom. The number of anilines is 1. The molecule has 1 saturated carbocycles. The van der Waals surface area contributed by atoms with Gasteiger partial charge in [-0.1, -0.05) is 30.9 Å². The predicted molar refractivity (Wildman–Crippen MR) is 71.2 cm³/mol. The van der Waals surface area contributed by atoms with Crippen LogP contribution >= 0.6 is 11.6 Å². The van der Waals surface area contributed by atoms with E-state index < -0.39 is 5.82 Å². The molecule has 0 radical (unpaired) electrons. The smallest absolute Gasteiger partial charge is 0.224 e. The third kappa shape index (κ3) is 3.70. The van der Waals surface area contributed by atoms with E-state index in [2.05, 4.69) is 5.32 Å². The van der Waals surface area contributed by atoms with Gasteiger partial charge in [0.1, 0.15) is 5.82 Å². The molecule has 1 amide bonds. The van der Waals surface area contributed by atoms with E-state index in [4.69, 9.17) is 11.6 Å². The minimum Gasteiger partial charge on any atom is -0.326 e. The van der Waals surface area contributed by atoms with Crippen molar-refractivity contribution < 1.29 is 9.18 Å². The van der Waals surface area contributed by atoms with Gasteiger partial charge in [0.05, 0.1) is 5.02 Å². The van der Waals surface area contributed by atoms with Gasteiger partial charge in [-0.2, -0.15) is 0 Å². The normalized spacial score (nSPS) is 16.6. The van der Waals surface area contributed by atoms with E-state index in [9.17, 15) is 9.18 Å². The molecule has 2 rings (SSSR count). The van der Waals surface area contributed by atoms with Crippen molar-refractivity contribution in [2.24, 2.45) is 5.92 Å². The maximum absolute atomic E-state index is 13.0. The average molecular weight is 270 g/mol. The molecule has 4 heteroatoms. The number of amides is 1. The van der Waals surface area contributed by atoms with Crippen LogP contribution < -0.4 is 5.32 Å². The molecular formula is C14H17ClFNO. The quantitative estimate of drug-likeness (QED) is 0.866. The van der Waals surface area contributed by atoms with Crippen LogP contribution in [0.25, 0.3) is 0 Å². The van der Waals surface area contributed by atoms with E-state index in [0.717, 1.165) is 12.8 Å². The predicted octanol–water partition coefficient (Wildman–Crippen LogP) is 4.39. The summed E-state index contributed by atoms with van der Waals surface area (Å²) in [4.78, 5) is 11.8. The lowest BCUT2D eigenvalue weighted by Gasteiger charge is -2.20. The number of hydrogen-bond donors (Lipinski definition) is 1. The second-order valence-corrected chi connectivity index (χ2v) is 5.29. The van der Waals surface area contributed by atoms with Gasteiger partial charge in [0.2, 0.25) is 5.91 Å². The van der Waals surface area contributed by atoms with E-state index in [0.29, 0.717) is 18.0 Å². The summed E-state index contributed by atoms with van der Waals surface area (Å²) in [6.07, 6.45) is 6.55. The highest BCUT2D eigenvalue weighted by Crippen LogP contribution is 2.27. The van der Waals surface area contributed by atoms with Crippen LogP contribution in [0, 0.1) is 11.7 Å². The molecule has 1 aliphatic rings. The Labute approximate surface area is 112 Å². The van der Waals surface area contributed by atoms with Gasteiger partial charge in [-0.05, 0) is 37.0 Å². The van der Waals surface area contributed by atoms with Gasteiger partial charge >= 0.3 is 0 Å². The Morgan fingerprint density at radius 3 is 2.72 bits per heavy atom. The summed E-state index contributed by atoms with van der Waals surface area (Å²) in [5, 5.41) is 2.80. The van der Waals surface area contributed by atoms with Gasteiger partial charge in [0, 0.05) is 12.1 Å². The largest absolute Gasteiger partial charge is 0.326 e. The molecule has 2 nitrogen and oxygen atoms in total. The highest BCUT2D eigenvalue weighted by Gasteiger charge is 2.17. The molecule has 0 heterocycles. The van der Waals surface area contributed by atoms with Gasteiger partial charge < -0.3 is 5.32 Å². The molecule has 18 heavy (non-hydrogen) atoms. The van der Waals surface area contributed by atoms with Gasteiger partial charge in [-0.15, -0.1) is 0 Å². The van der Waals surface area contributed by atoms with E-state index in [1.165, 1.54) is 37.5 Å². The Bertz CT molecular complexity index is 430. The summed E-state index contributed by atoms with van der Waals surface area (Å²) < 4.78 is 13.0. The lowest BCUT2D eigenvalue weighted by Crippen LogP contribution is -2.18. The summed E-state index contributed by atoms with van der Waals surface area (Å²) >= 11 is 5.66. The molecule has 0 bridgehead atoms. The first-order chi connectivity index (χ1) is 8.65. The van der Waals surface area contributed by atoms with Crippen LogP contribution in [0.15, 0.2) is 18.2 Å². The number of benzene rings is 1. The minimum absolute atomic E-state index is 0.00965. The summed E-state index contributed by atoms with van der Waals surface area (Å²) in [6.45, 7) is 0. The number of hydrogen-bond acceptors (Lipinski definition) is 1. The molecule has 0 atom stereocenters. The van der Waals surface area contributed by atoms with Crippen LogP contribution in [-0.4, -0.2) is 5.91 Å². The fraction of sp³-hybridized carbons (Fsp3) is 0.500. The second-order valence-electron chi connectivity index (χ2n) is 4.89. The molecule has 0 spiro atoms. The molecule has 0 saturated heterocycles. The Kier molecular flexibility index (Phi) is 4.59. The lowest BCUT2D eigenvalue weighted by atomic mass is 9.87. The van der Waals surface area contributed by atoms with Crippen LogP contribution in [0.2, 0.25) is 5.02 Å². The highest BCUT2D eigenvalue weighted by atomic mass is 35.5. The van der Waals surface area contributed by atoms with Crippen molar-refractivity contribution in [3.05, 3.63) is 29.0 Å². The summed E-state index contributed by atoms with van der Waals surface area (Å²) in [5.74, 6) is 0.0150. The number of nitrogens with one attached hydrogen (secondary N) is 1. The van der Waals surface area contributed by atoms with Gasteiger partial charge in [-0.25, -0.2) is 4.39 Å². The Morgan fingerprint density at radius 2 is 2.06 bits per heavy atom. The zero-order valence-corrected chi connectivity index (χ0v) is 11.0. The van der Waals surface area contributed by atoms with Gasteiger partial charge in [0.15, 0.2) is 0 Å². The van der Waals surface area contributed by atoms with E-state index in [1.54, 1.807) is 0 Å². The van der Waals surface area contributed by atoms with Crippen LogP contribution in [0.4, 0.5) is 10.1 Å². The van der Waals surface area contributed by atoms with E-state index in [1.807, 2.05) is 0 Å². The van der Waals surface area contributed by atoms with Crippen molar-refractivity contribution in [1.29, 1.82) is 0 Å². The highest BCUT2D eigenvalue weighted by molar-refractivity contribution is 6.31. The minimum atomic E-state index is -0.470. The summed E-state index contributed by atoms with van der Waals surface area (Å²) in [7, 11) is 0. The van der Waals surface area contributed by atoms with Crippen molar-refractivity contribution in [2.75, 3.05) is 5.32 Å². The fourth-order valence-corrected chi connectivity index (χ4v) is 2.62. The van der Waals surface area contributed by atoms with Crippen LogP contribution in [-0.2, 0) is 4.79 Å². The standard InChI is InChI=1S/C14H17ClFNO/c15-12-9-11(6-7-13(12)16)17-14(18)8-10-4-2-1-3-5-10/h6-7,9-10H,1-5,8H2,(H,17,18). The van der Waals surface area contributed by atoms with E-state index >= 15 is 0 Å². The van der Waals surface area contributed by atoms with E-state index in [-0.39, 0.29) is 10.9 Å². The maximum Gasteiger partial charge on any atom is 0.224 e. The van der Waals surface area contributed by atoms with Crippen LogP contribution in [0.3, 0.4) is 0 Å². The zero-order valence-electron chi connectivity index (χ0n) is 10.2. The number of halogens is 2. The Balaban J connectivity index is 1.88. The summed E-state index contributed by atoms with van der Waals surface area (Å²) in [5.41, 5.74) is 0.558. The molecule has 0 aliphatic heterocycles. The van der Waals surface area contributed by atoms with Crippen LogP contribution in [0.5, 0.6) is 0 Å². The van der Waals surface area contributed by atoms with Crippen molar-refractivity contribution in [2.45, 2.75) is 38.5 Å². The molecule has 98 valence electrons. The summed E-state index contributed by atoms with van der Waals surface area (Å²) in [6, 6.07) is 4.23. The fourth-order valence-electron chi connectivity index (χ4n) is 2.44. The Hall–Kier alpha value is -1.09. The second kappa shape index (κ2) is 6.19. The van der Waals surface area contributed by atoms with Crippen molar-refractivity contribution in [3.63, 3.8) is 0 Å². The number of carbonyl (C=O) groups is 1. The van der Waals surface area contributed by atoms with Crippen LogP contribution in [0.1, 0.15) is 38.5 Å². The molecule has 1 fully saturated rings. The monoisotopic (exact) mass is 269 g/mol. The molecule has 1 N–H and O–H groups in total. The first-order valence-corrected chi connectivity index (χ1v) is 6.78. The molecule has 1 aromatic carbocycles. The van der Waals surface area contributed by atoms with Crippen molar-refractivity contribution in [1.82, 2.24) is 0 Å². The molecule has 0 unspecified atom stereocenters.